The maximum absolute atomic E-state index is 11.9. The SMILES string of the molecule is CCC1CCCC(NC(=O)CNc2ccccc2)C1.Cl. The maximum Gasteiger partial charge on any atom is 0.239 e. The quantitative estimate of drug-likeness (QED) is 0.871. The molecule has 0 saturated heterocycles. The predicted octanol–water partition coefficient (Wildman–Crippen LogP) is 3.61. The summed E-state index contributed by atoms with van der Waals surface area (Å²) in [6, 6.07) is 10.2. The van der Waals surface area contributed by atoms with E-state index in [4.69, 9.17) is 0 Å². The van der Waals surface area contributed by atoms with Gasteiger partial charge >= 0.3 is 0 Å². The molecule has 4 heteroatoms. The summed E-state index contributed by atoms with van der Waals surface area (Å²) in [6.07, 6.45) is 6.08. The molecule has 0 bridgehead atoms. The van der Waals surface area contributed by atoms with Crippen LogP contribution in [-0.4, -0.2) is 18.5 Å². The monoisotopic (exact) mass is 296 g/mol. The number of rotatable bonds is 5. The number of hydrogen-bond donors (Lipinski definition) is 2. The Kier molecular flexibility index (Phi) is 7.45. The minimum Gasteiger partial charge on any atom is -0.376 e. The van der Waals surface area contributed by atoms with Gasteiger partial charge in [-0.15, -0.1) is 12.4 Å². The summed E-state index contributed by atoms with van der Waals surface area (Å²) >= 11 is 0. The van der Waals surface area contributed by atoms with E-state index in [9.17, 15) is 4.79 Å². The molecule has 0 spiro atoms. The lowest BCUT2D eigenvalue weighted by Gasteiger charge is -2.29. The second kappa shape index (κ2) is 8.85. The van der Waals surface area contributed by atoms with E-state index < -0.39 is 0 Å². The first-order valence-electron chi connectivity index (χ1n) is 7.36. The van der Waals surface area contributed by atoms with Gasteiger partial charge in [-0.2, -0.15) is 0 Å². The minimum absolute atomic E-state index is 0. The molecule has 2 atom stereocenters. The summed E-state index contributed by atoms with van der Waals surface area (Å²) in [5, 5.41) is 6.30. The lowest BCUT2D eigenvalue weighted by molar-refractivity contribution is -0.120. The molecule has 1 amide bonds. The highest BCUT2D eigenvalue weighted by Crippen LogP contribution is 2.26. The molecular formula is C16H25ClN2O. The Morgan fingerprint density at radius 3 is 2.70 bits per heavy atom. The van der Waals surface area contributed by atoms with E-state index in [1.807, 2.05) is 30.3 Å². The van der Waals surface area contributed by atoms with Crippen molar-refractivity contribution in [2.75, 3.05) is 11.9 Å². The Morgan fingerprint density at radius 1 is 1.25 bits per heavy atom. The van der Waals surface area contributed by atoms with Crippen LogP contribution in [0.3, 0.4) is 0 Å². The minimum atomic E-state index is 0. The van der Waals surface area contributed by atoms with Crippen LogP contribution in [0, 0.1) is 5.92 Å². The first-order chi connectivity index (χ1) is 9.28. The molecule has 1 aliphatic rings. The number of nitrogens with one attached hydrogen (secondary N) is 2. The lowest BCUT2D eigenvalue weighted by Crippen LogP contribution is -2.41. The molecular weight excluding hydrogens is 272 g/mol. The Hall–Kier alpha value is -1.22. The molecule has 1 aromatic rings. The van der Waals surface area contributed by atoms with Gasteiger partial charge in [0.05, 0.1) is 6.54 Å². The van der Waals surface area contributed by atoms with E-state index in [0.717, 1.165) is 24.4 Å². The van der Waals surface area contributed by atoms with Crippen molar-refractivity contribution in [3.05, 3.63) is 30.3 Å². The van der Waals surface area contributed by atoms with Gasteiger partial charge < -0.3 is 10.6 Å². The Labute approximate surface area is 127 Å². The summed E-state index contributed by atoms with van der Waals surface area (Å²) in [7, 11) is 0. The van der Waals surface area contributed by atoms with Crippen molar-refractivity contribution in [1.82, 2.24) is 5.32 Å². The first kappa shape index (κ1) is 16.8. The molecule has 2 N–H and O–H groups in total. The highest BCUT2D eigenvalue weighted by molar-refractivity contribution is 5.85. The molecule has 0 heterocycles. The zero-order chi connectivity index (χ0) is 13.5. The highest BCUT2D eigenvalue weighted by Gasteiger charge is 2.21. The number of benzene rings is 1. The van der Waals surface area contributed by atoms with Crippen molar-refractivity contribution >= 4 is 24.0 Å². The van der Waals surface area contributed by atoms with E-state index in [0.29, 0.717) is 12.6 Å². The molecule has 1 fully saturated rings. The van der Waals surface area contributed by atoms with Crippen molar-refractivity contribution in [2.24, 2.45) is 5.92 Å². The maximum atomic E-state index is 11.9. The lowest BCUT2D eigenvalue weighted by atomic mass is 9.84. The summed E-state index contributed by atoms with van der Waals surface area (Å²) in [4.78, 5) is 11.9. The standard InChI is InChI=1S/C16H24N2O.ClH/c1-2-13-7-6-10-15(11-13)18-16(19)12-17-14-8-4-3-5-9-14;/h3-5,8-9,13,15,17H,2,6-7,10-12H2,1H3,(H,18,19);1H. The molecule has 1 aromatic carbocycles. The summed E-state index contributed by atoms with van der Waals surface area (Å²) in [5.41, 5.74) is 0.993. The fourth-order valence-electron chi connectivity index (χ4n) is 2.81. The van der Waals surface area contributed by atoms with Gasteiger partial charge in [0.15, 0.2) is 0 Å². The van der Waals surface area contributed by atoms with Crippen molar-refractivity contribution in [3.8, 4) is 0 Å². The largest absolute Gasteiger partial charge is 0.376 e. The van der Waals surface area contributed by atoms with Gasteiger partial charge in [0.2, 0.25) is 5.91 Å². The zero-order valence-electron chi connectivity index (χ0n) is 12.1. The van der Waals surface area contributed by atoms with Crippen LogP contribution in [0.4, 0.5) is 5.69 Å². The molecule has 1 aliphatic carbocycles. The van der Waals surface area contributed by atoms with Gasteiger partial charge in [-0.05, 0) is 30.9 Å². The van der Waals surface area contributed by atoms with Gasteiger partial charge in [-0.3, -0.25) is 4.79 Å². The fraction of sp³-hybridized carbons (Fsp3) is 0.562. The normalized spacial score (nSPS) is 21.6. The van der Waals surface area contributed by atoms with Crippen LogP contribution in [-0.2, 0) is 4.79 Å². The van der Waals surface area contributed by atoms with Gasteiger partial charge in [0.1, 0.15) is 0 Å². The first-order valence-corrected chi connectivity index (χ1v) is 7.36. The number of anilines is 1. The second-order valence-corrected chi connectivity index (χ2v) is 5.42. The van der Waals surface area contributed by atoms with Gasteiger partial charge in [0.25, 0.3) is 0 Å². The van der Waals surface area contributed by atoms with Crippen molar-refractivity contribution in [1.29, 1.82) is 0 Å². The molecule has 3 nitrogen and oxygen atoms in total. The van der Waals surface area contributed by atoms with E-state index >= 15 is 0 Å². The summed E-state index contributed by atoms with van der Waals surface area (Å²) in [6.45, 7) is 2.60. The third-order valence-electron chi connectivity index (χ3n) is 3.95. The van der Waals surface area contributed by atoms with E-state index in [2.05, 4.69) is 17.6 Å². The average Bonchev–Trinajstić information content (AvgIpc) is 2.46. The van der Waals surface area contributed by atoms with Crippen LogP contribution >= 0.6 is 12.4 Å². The van der Waals surface area contributed by atoms with E-state index in [-0.39, 0.29) is 18.3 Å². The number of hydrogen-bond acceptors (Lipinski definition) is 2. The number of carbonyl (C=O) groups excluding carboxylic acids is 1. The third kappa shape index (κ3) is 5.41. The molecule has 20 heavy (non-hydrogen) atoms. The van der Waals surface area contributed by atoms with Crippen LogP contribution in [0.2, 0.25) is 0 Å². The summed E-state index contributed by atoms with van der Waals surface area (Å²) < 4.78 is 0. The smallest absolute Gasteiger partial charge is 0.239 e. The van der Waals surface area contributed by atoms with Gasteiger partial charge in [-0.25, -0.2) is 0 Å². The van der Waals surface area contributed by atoms with Gasteiger partial charge in [-0.1, -0.05) is 44.4 Å². The second-order valence-electron chi connectivity index (χ2n) is 5.42. The predicted molar refractivity (Wildman–Crippen MR) is 86.4 cm³/mol. The number of para-hydroxylation sites is 1. The third-order valence-corrected chi connectivity index (χ3v) is 3.95. The Morgan fingerprint density at radius 2 is 2.00 bits per heavy atom. The Balaban J connectivity index is 0.00000200. The topological polar surface area (TPSA) is 41.1 Å². The Bertz CT molecular complexity index is 397. The summed E-state index contributed by atoms with van der Waals surface area (Å²) in [5.74, 6) is 0.895. The number of amides is 1. The molecule has 2 rings (SSSR count). The van der Waals surface area contributed by atoms with Crippen LogP contribution in [0.15, 0.2) is 30.3 Å². The molecule has 2 unspecified atom stereocenters. The zero-order valence-corrected chi connectivity index (χ0v) is 12.9. The number of carbonyl (C=O) groups is 1. The van der Waals surface area contributed by atoms with E-state index in [1.165, 1.54) is 19.3 Å². The molecule has 0 aliphatic heterocycles. The van der Waals surface area contributed by atoms with Crippen LogP contribution in [0.5, 0.6) is 0 Å². The average molecular weight is 297 g/mol. The van der Waals surface area contributed by atoms with Crippen molar-refractivity contribution in [3.63, 3.8) is 0 Å². The highest BCUT2D eigenvalue weighted by atomic mass is 35.5. The molecule has 0 radical (unpaired) electrons. The van der Waals surface area contributed by atoms with Crippen molar-refractivity contribution in [2.45, 2.75) is 45.1 Å². The molecule has 0 aromatic heterocycles. The van der Waals surface area contributed by atoms with E-state index in [1.54, 1.807) is 0 Å². The molecule has 1 saturated carbocycles. The van der Waals surface area contributed by atoms with Crippen LogP contribution < -0.4 is 10.6 Å². The number of halogens is 1. The molecule has 112 valence electrons. The van der Waals surface area contributed by atoms with Gasteiger partial charge in [0, 0.05) is 11.7 Å². The van der Waals surface area contributed by atoms with Crippen LogP contribution in [0.1, 0.15) is 39.0 Å². The van der Waals surface area contributed by atoms with Crippen molar-refractivity contribution < 1.29 is 4.79 Å². The fourth-order valence-corrected chi connectivity index (χ4v) is 2.81. The van der Waals surface area contributed by atoms with Crippen LogP contribution in [0.25, 0.3) is 0 Å².